The molecule has 2 rings (SSSR count). The molecule has 2 N–H and O–H groups in total. The topological polar surface area (TPSA) is 89.1 Å². The summed E-state index contributed by atoms with van der Waals surface area (Å²) in [5.41, 5.74) is 0.890. The molecular formula is C12H14N4O3. The van der Waals surface area contributed by atoms with Gasteiger partial charge in [0.1, 0.15) is 6.33 Å². The van der Waals surface area contributed by atoms with E-state index in [1.54, 1.807) is 26.4 Å². The van der Waals surface area contributed by atoms with Gasteiger partial charge in [-0.25, -0.2) is 4.98 Å². The van der Waals surface area contributed by atoms with E-state index in [0.717, 1.165) is 5.56 Å². The third-order valence-electron chi connectivity index (χ3n) is 2.52. The van der Waals surface area contributed by atoms with Crippen LogP contribution in [-0.2, 0) is 6.54 Å². The van der Waals surface area contributed by atoms with E-state index in [1.165, 1.54) is 6.33 Å². The second kappa shape index (κ2) is 5.85. The Balaban J connectivity index is 2.02. The SMILES string of the molecule is COc1ccc(CNC(=O)c2nc[nH]n2)cc1OC. The van der Waals surface area contributed by atoms with Crippen molar-refractivity contribution in [3.05, 3.63) is 35.9 Å². The molecule has 0 atom stereocenters. The van der Waals surface area contributed by atoms with Crippen LogP contribution in [0.1, 0.15) is 16.2 Å². The molecule has 0 aliphatic carbocycles. The van der Waals surface area contributed by atoms with Crippen LogP contribution >= 0.6 is 0 Å². The van der Waals surface area contributed by atoms with Gasteiger partial charge in [-0.05, 0) is 17.7 Å². The van der Waals surface area contributed by atoms with Crippen molar-refractivity contribution in [2.45, 2.75) is 6.54 Å². The Hall–Kier alpha value is -2.57. The van der Waals surface area contributed by atoms with Gasteiger partial charge in [-0.3, -0.25) is 9.89 Å². The molecule has 1 aromatic heterocycles. The molecule has 0 bridgehead atoms. The third-order valence-corrected chi connectivity index (χ3v) is 2.52. The highest BCUT2D eigenvalue weighted by molar-refractivity contribution is 5.90. The highest BCUT2D eigenvalue weighted by atomic mass is 16.5. The first-order chi connectivity index (χ1) is 9.24. The van der Waals surface area contributed by atoms with Crippen LogP contribution in [0, 0.1) is 0 Å². The zero-order valence-electron chi connectivity index (χ0n) is 10.6. The first-order valence-corrected chi connectivity index (χ1v) is 5.59. The molecule has 0 spiro atoms. The van der Waals surface area contributed by atoms with Crippen molar-refractivity contribution >= 4 is 5.91 Å². The lowest BCUT2D eigenvalue weighted by molar-refractivity contribution is 0.0941. The molecule has 7 heteroatoms. The summed E-state index contributed by atoms with van der Waals surface area (Å²) in [6.45, 7) is 0.355. The molecule has 1 heterocycles. The van der Waals surface area contributed by atoms with Crippen molar-refractivity contribution in [3.8, 4) is 11.5 Å². The Morgan fingerprint density at radius 3 is 2.74 bits per heavy atom. The monoisotopic (exact) mass is 262 g/mol. The number of carbonyl (C=O) groups is 1. The fraction of sp³-hybridized carbons (Fsp3) is 0.250. The zero-order chi connectivity index (χ0) is 13.7. The van der Waals surface area contributed by atoms with Gasteiger partial charge in [-0.2, -0.15) is 0 Å². The van der Waals surface area contributed by atoms with Gasteiger partial charge >= 0.3 is 0 Å². The Bertz CT molecular complexity index is 554. The minimum absolute atomic E-state index is 0.112. The average Bonchev–Trinajstić information content (AvgIpc) is 2.98. The molecule has 19 heavy (non-hydrogen) atoms. The quantitative estimate of drug-likeness (QED) is 0.830. The summed E-state index contributed by atoms with van der Waals surface area (Å²) < 4.78 is 10.3. The Morgan fingerprint density at radius 2 is 2.11 bits per heavy atom. The predicted octanol–water partition coefficient (Wildman–Crippen LogP) is 0.752. The number of hydrogen-bond acceptors (Lipinski definition) is 5. The normalized spacial score (nSPS) is 10.0. The van der Waals surface area contributed by atoms with E-state index in [1.807, 2.05) is 6.07 Å². The zero-order valence-corrected chi connectivity index (χ0v) is 10.6. The maximum atomic E-state index is 11.6. The van der Waals surface area contributed by atoms with Crippen molar-refractivity contribution in [1.82, 2.24) is 20.5 Å². The maximum Gasteiger partial charge on any atom is 0.291 e. The molecule has 0 unspecified atom stereocenters. The second-order valence-electron chi connectivity index (χ2n) is 3.69. The van der Waals surface area contributed by atoms with Gasteiger partial charge in [0.25, 0.3) is 5.91 Å². The Labute approximate surface area is 110 Å². The van der Waals surface area contributed by atoms with Crippen LogP contribution in [0.5, 0.6) is 11.5 Å². The Morgan fingerprint density at radius 1 is 1.32 bits per heavy atom. The maximum absolute atomic E-state index is 11.6. The van der Waals surface area contributed by atoms with E-state index in [-0.39, 0.29) is 11.7 Å². The lowest BCUT2D eigenvalue weighted by atomic mass is 10.2. The fourth-order valence-electron chi connectivity index (χ4n) is 1.57. The minimum Gasteiger partial charge on any atom is -0.493 e. The van der Waals surface area contributed by atoms with Gasteiger partial charge in [0.2, 0.25) is 5.82 Å². The molecular weight excluding hydrogens is 248 g/mol. The molecule has 1 amide bonds. The van der Waals surface area contributed by atoms with Crippen LogP contribution in [0.15, 0.2) is 24.5 Å². The number of methoxy groups -OCH3 is 2. The Kier molecular flexibility index (Phi) is 3.97. The van der Waals surface area contributed by atoms with Crippen LogP contribution in [-0.4, -0.2) is 35.3 Å². The van der Waals surface area contributed by atoms with Crippen LogP contribution in [0.4, 0.5) is 0 Å². The highest BCUT2D eigenvalue weighted by Gasteiger charge is 2.10. The standard InChI is InChI=1S/C12H14N4O3/c1-18-9-4-3-8(5-10(9)19-2)6-13-12(17)11-14-7-15-16-11/h3-5,7H,6H2,1-2H3,(H,13,17)(H,14,15,16). The molecule has 1 aromatic carbocycles. The van der Waals surface area contributed by atoms with E-state index >= 15 is 0 Å². The fourth-order valence-corrected chi connectivity index (χ4v) is 1.57. The summed E-state index contributed by atoms with van der Waals surface area (Å²) >= 11 is 0. The molecule has 0 fully saturated rings. The van der Waals surface area contributed by atoms with Crippen molar-refractivity contribution in [3.63, 3.8) is 0 Å². The molecule has 0 aliphatic rings. The van der Waals surface area contributed by atoms with Gasteiger partial charge in [-0.1, -0.05) is 6.07 Å². The van der Waals surface area contributed by atoms with Gasteiger partial charge in [0, 0.05) is 6.54 Å². The number of H-pyrrole nitrogens is 1. The highest BCUT2D eigenvalue weighted by Crippen LogP contribution is 2.27. The number of rotatable bonds is 5. The first kappa shape index (κ1) is 12.9. The van der Waals surface area contributed by atoms with Gasteiger partial charge < -0.3 is 14.8 Å². The van der Waals surface area contributed by atoms with Crippen LogP contribution in [0.2, 0.25) is 0 Å². The summed E-state index contributed by atoms with van der Waals surface area (Å²) in [6, 6.07) is 5.43. The van der Waals surface area contributed by atoms with Gasteiger partial charge in [-0.15, -0.1) is 5.10 Å². The lowest BCUT2D eigenvalue weighted by Gasteiger charge is -2.09. The molecule has 7 nitrogen and oxygen atoms in total. The number of nitrogens with one attached hydrogen (secondary N) is 2. The lowest BCUT2D eigenvalue weighted by Crippen LogP contribution is -2.24. The number of hydrogen-bond donors (Lipinski definition) is 2. The van der Waals surface area contributed by atoms with E-state index in [9.17, 15) is 4.79 Å². The number of nitrogens with zero attached hydrogens (tertiary/aromatic N) is 2. The summed E-state index contributed by atoms with van der Waals surface area (Å²) in [4.78, 5) is 15.4. The van der Waals surface area contributed by atoms with Crippen molar-refractivity contribution < 1.29 is 14.3 Å². The van der Waals surface area contributed by atoms with Crippen LogP contribution in [0.3, 0.4) is 0 Å². The molecule has 0 saturated carbocycles. The number of aromatic amines is 1. The third kappa shape index (κ3) is 3.01. The van der Waals surface area contributed by atoms with Crippen molar-refractivity contribution in [2.75, 3.05) is 14.2 Å². The van der Waals surface area contributed by atoms with Gasteiger partial charge in [0.05, 0.1) is 14.2 Å². The molecule has 0 radical (unpaired) electrons. The largest absolute Gasteiger partial charge is 0.493 e. The van der Waals surface area contributed by atoms with Crippen LogP contribution in [0.25, 0.3) is 0 Å². The number of aromatic nitrogens is 3. The summed E-state index contributed by atoms with van der Waals surface area (Å²) in [5, 5.41) is 8.89. The number of ether oxygens (including phenoxy) is 2. The van der Waals surface area contributed by atoms with Gasteiger partial charge in [0.15, 0.2) is 11.5 Å². The second-order valence-corrected chi connectivity index (χ2v) is 3.69. The van der Waals surface area contributed by atoms with E-state index in [4.69, 9.17) is 9.47 Å². The predicted molar refractivity (Wildman–Crippen MR) is 67.1 cm³/mol. The molecule has 0 aliphatic heterocycles. The number of benzene rings is 1. The van der Waals surface area contributed by atoms with E-state index in [2.05, 4.69) is 20.5 Å². The summed E-state index contributed by atoms with van der Waals surface area (Å²) in [7, 11) is 3.14. The molecule has 100 valence electrons. The number of carbonyl (C=O) groups excluding carboxylic acids is 1. The number of amides is 1. The van der Waals surface area contributed by atoms with Crippen molar-refractivity contribution in [1.29, 1.82) is 0 Å². The summed E-state index contributed by atoms with van der Waals surface area (Å²) in [5.74, 6) is 1.04. The van der Waals surface area contributed by atoms with E-state index in [0.29, 0.717) is 18.0 Å². The average molecular weight is 262 g/mol. The van der Waals surface area contributed by atoms with Crippen molar-refractivity contribution in [2.24, 2.45) is 0 Å². The van der Waals surface area contributed by atoms with Crippen LogP contribution < -0.4 is 14.8 Å². The minimum atomic E-state index is -0.337. The first-order valence-electron chi connectivity index (χ1n) is 5.59. The van der Waals surface area contributed by atoms with E-state index < -0.39 is 0 Å². The smallest absolute Gasteiger partial charge is 0.291 e. The molecule has 0 saturated heterocycles. The summed E-state index contributed by atoms with van der Waals surface area (Å²) in [6.07, 6.45) is 1.35. The molecule has 2 aromatic rings.